The Morgan fingerprint density at radius 1 is 1.25 bits per heavy atom. The lowest BCUT2D eigenvalue weighted by atomic mass is 9.95. The van der Waals surface area contributed by atoms with Gasteiger partial charge in [0.15, 0.2) is 11.5 Å². The van der Waals surface area contributed by atoms with Crippen molar-refractivity contribution in [2.75, 3.05) is 20.8 Å². The molecule has 1 fully saturated rings. The summed E-state index contributed by atoms with van der Waals surface area (Å²) in [5.74, 6) is 1.57. The van der Waals surface area contributed by atoms with Gasteiger partial charge in [-0.15, -0.1) is 0 Å². The zero-order valence-corrected chi connectivity index (χ0v) is 12.9. The molecule has 0 amide bonds. The third-order valence-electron chi connectivity index (χ3n) is 4.36. The van der Waals surface area contributed by atoms with Crippen molar-refractivity contribution in [1.29, 1.82) is 0 Å². The van der Waals surface area contributed by atoms with Crippen LogP contribution in [0.25, 0.3) is 0 Å². The molecule has 4 heteroatoms. The summed E-state index contributed by atoms with van der Waals surface area (Å²) in [5.41, 5.74) is 7.30. The molecule has 0 saturated carbocycles. The van der Waals surface area contributed by atoms with Gasteiger partial charge in [-0.1, -0.05) is 6.07 Å². The van der Waals surface area contributed by atoms with Gasteiger partial charge < -0.3 is 15.2 Å². The van der Waals surface area contributed by atoms with Crippen molar-refractivity contribution in [2.45, 2.75) is 44.8 Å². The van der Waals surface area contributed by atoms with Crippen LogP contribution in [0.1, 0.15) is 38.3 Å². The van der Waals surface area contributed by atoms with Crippen molar-refractivity contribution in [1.82, 2.24) is 4.90 Å². The fraction of sp³-hybridized carbons (Fsp3) is 0.625. The van der Waals surface area contributed by atoms with E-state index in [9.17, 15) is 0 Å². The molecule has 1 saturated heterocycles. The Labute approximate surface area is 121 Å². The van der Waals surface area contributed by atoms with E-state index in [2.05, 4.69) is 30.9 Å². The van der Waals surface area contributed by atoms with Gasteiger partial charge >= 0.3 is 0 Å². The first-order valence-electron chi connectivity index (χ1n) is 7.30. The molecule has 4 nitrogen and oxygen atoms in total. The molecule has 0 spiro atoms. The number of piperidine rings is 1. The number of ether oxygens (including phenoxy) is 2. The van der Waals surface area contributed by atoms with E-state index in [-0.39, 0.29) is 0 Å². The lowest BCUT2D eigenvalue weighted by Crippen LogP contribution is -2.46. The molecular formula is C16H26N2O2. The number of hydrogen-bond acceptors (Lipinski definition) is 4. The molecule has 20 heavy (non-hydrogen) atoms. The molecule has 1 aromatic rings. The van der Waals surface area contributed by atoms with E-state index in [0.717, 1.165) is 30.9 Å². The quantitative estimate of drug-likeness (QED) is 0.919. The minimum atomic E-state index is 0.346. The fourth-order valence-electron chi connectivity index (χ4n) is 3.11. The van der Waals surface area contributed by atoms with Crippen molar-refractivity contribution in [3.8, 4) is 11.5 Å². The zero-order chi connectivity index (χ0) is 14.7. The maximum Gasteiger partial charge on any atom is 0.161 e. The maximum atomic E-state index is 6.05. The molecule has 1 aromatic carbocycles. The Kier molecular flexibility index (Phi) is 4.89. The molecule has 3 atom stereocenters. The van der Waals surface area contributed by atoms with Crippen LogP contribution in [0.3, 0.4) is 0 Å². The van der Waals surface area contributed by atoms with Crippen LogP contribution in [0.5, 0.6) is 11.5 Å². The summed E-state index contributed by atoms with van der Waals surface area (Å²) in [6, 6.07) is 7.39. The molecule has 1 heterocycles. The predicted molar refractivity (Wildman–Crippen MR) is 81.3 cm³/mol. The second kappa shape index (κ2) is 6.46. The number of hydrogen-bond donors (Lipinski definition) is 1. The summed E-state index contributed by atoms with van der Waals surface area (Å²) < 4.78 is 10.7. The van der Waals surface area contributed by atoms with E-state index < -0.39 is 0 Å². The molecular weight excluding hydrogens is 252 g/mol. The molecule has 1 aliphatic heterocycles. The number of likely N-dealkylation sites (tertiary alicyclic amines) is 1. The predicted octanol–water partition coefficient (Wildman–Crippen LogP) is 2.58. The number of nitrogens with two attached hydrogens (primary N) is 1. The Hall–Kier alpha value is -1.26. The summed E-state index contributed by atoms with van der Waals surface area (Å²) in [6.45, 7) is 5.56. The Morgan fingerprint density at radius 3 is 2.55 bits per heavy atom. The molecule has 0 radical (unpaired) electrons. The average molecular weight is 278 g/mol. The van der Waals surface area contributed by atoms with Gasteiger partial charge in [0.2, 0.25) is 0 Å². The van der Waals surface area contributed by atoms with Crippen LogP contribution in [0, 0.1) is 0 Å². The SMILES string of the molecule is COc1ccc(C(C)N2CCC(N)CC2C)cc1OC. The van der Waals surface area contributed by atoms with Gasteiger partial charge in [0.05, 0.1) is 14.2 Å². The van der Waals surface area contributed by atoms with E-state index in [0.29, 0.717) is 18.1 Å². The highest BCUT2D eigenvalue weighted by Gasteiger charge is 2.27. The molecule has 1 aliphatic rings. The summed E-state index contributed by atoms with van der Waals surface area (Å²) in [5, 5.41) is 0. The van der Waals surface area contributed by atoms with Crippen molar-refractivity contribution in [3.63, 3.8) is 0 Å². The van der Waals surface area contributed by atoms with Crippen LogP contribution < -0.4 is 15.2 Å². The molecule has 2 N–H and O–H groups in total. The first kappa shape index (κ1) is 15.1. The summed E-state index contributed by atoms with van der Waals surface area (Å²) >= 11 is 0. The van der Waals surface area contributed by atoms with Crippen LogP contribution >= 0.6 is 0 Å². The van der Waals surface area contributed by atoms with Gasteiger partial charge in [-0.25, -0.2) is 0 Å². The van der Waals surface area contributed by atoms with Crippen LogP contribution in [-0.2, 0) is 0 Å². The number of nitrogens with zero attached hydrogens (tertiary/aromatic N) is 1. The van der Waals surface area contributed by atoms with E-state index >= 15 is 0 Å². The Balaban J connectivity index is 2.18. The fourth-order valence-corrected chi connectivity index (χ4v) is 3.11. The van der Waals surface area contributed by atoms with Crippen LogP contribution in [0.2, 0.25) is 0 Å². The highest BCUT2D eigenvalue weighted by Crippen LogP contribution is 2.33. The topological polar surface area (TPSA) is 47.7 Å². The van der Waals surface area contributed by atoms with Crippen LogP contribution in [-0.4, -0.2) is 37.7 Å². The molecule has 0 bridgehead atoms. The minimum absolute atomic E-state index is 0.346. The highest BCUT2D eigenvalue weighted by atomic mass is 16.5. The van der Waals surface area contributed by atoms with Gasteiger partial charge in [-0.2, -0.15) is 0 Å². The molecule has 0 aromatic heterocycles. The largest absolute Gasteiger partial charge is 0.493 e. The molecule has 2 rings (SSSR count). The lowest BCUT2D eigenvalue weighted by Gasteiger charge is -2.40. The van der Waals surface area contributed by atoms with E-state index in [1.807, 2.05) is 6.07 Å². The summed E-state index contributed by atoms with van der Waals surface area (Å²) in [6.07, 6.45) is 2.14. The molecule has 3 unspecified atom stereocenters. The smallest absolute Gasteiger partial charge is 0.161 e. The number of benzene rings is 1. The molecule has 0 aliphatic carbocycles. The van der Waals surface area contributed by atoms with Gasteiger partial charge in [-0.05, 0) is 44.4 Å². The standard InChI is InChI=1S/C16H26N2O2/c1-11-9-14(17)7-8-18(11)12(2)13-5-6-15(19-3)16(10-13)20-4/h5-6,10-12,14H,7-9,17H2,1-4H3. The number of rotatable bonds is 4. The van der Waals surface area contributed by atoms with Crippen LogP contribution in [0.15, 0.2) is 18.2 Å². The maximum absolute atomic E-state index is 6.05. The van der Waals surface area contributed by atoms with Gasteiger partial charge in [0.25, 0.3) is 0 Å². The third-order valence-corrected chi connectivity index (χ3v) is 4.36. The van der Waals surface area contributed by atoms with E-state index in [4.69, 9.17) is 15.2 Å². The normalized spacial score (nSPS) is 25.2. The second-order valence-corrected chi connectivity index (χ2v) is 5.66. The monoisotopic (exact) mass is 278 g/mol. The van der Waals surface area contributed by atoms with Crippen molar-refractivity contribution in [3.05, 3.63) is 23.8 Å². The van der Waals surface area contributed by atoms with Gasteiger partial charge in [-0.3, -0.25) is 4.90 Å². The summed E-state index contributed by atoms with van der Waals surface area (Å²) in [7, 11) is 3.34. The van der Waals surface area contributed by atoms with Crippen molar-refractivity contribution < 1.29 is 9.47 Å². The third kappa shape index (κ3) is 3.07. The van der Waals surface area contributed by atoms with Crippen molar-refractivity contribution >= 4 is 0 Å². The molecule has 112 valence electrons. The second-order valence-electron chi connectivity index (χ2n) is 5.66. The van der Waals surface area contributed by atoms with E-state index in [1.165, 1.54) is 5.56 Å². The lowest BCUT2D eigenvalue weighted by molar-refractivity contribution is 0.104. The zero-order valence-electron chi connectivity index (χ0n) is 12.9. The minimum Gasteiger partial charge on any atom is -0.493 e. The van der Waals surface area contributed by atoms with E-state index in [1.54, 1.807) is 14.2 Å². The van der Waals surface area contributed by atoms with Gasteiger partial charge in [0.1, 0.15) is 0 Å². The van der Waals surface area contributed by atoms with Crippen molar-refractivity contribution in [2.24, 2.45) is 5.73 Å². The Bertz CT molecular complexity index is 450. The highest BCUT2D eigenvalue weighted by molar-refractivity contribution is 5.43. The van der Waals surface area contributed by atoms with Crippen LogP contribution in [0.4, 0.5) is 0 Å². The average Bonchev–Trinajstić information content (AvgIpc) is 2.45. The first-order valence-corrected chi connectivity index (χ1v) is 7.30. The van der Waals surface area contributed by atoms with Gasteiger partial charge in [0, 0.05) is 24.7 Å². The Morgan fingerprint density at radius 2 is 1.95 bits per heavy atom. The first-order chi connectivity index (χ1) is 9.56. The summed E-state index contributed by atoms with van der Waals surface area (Å²) in [4.78, 5) is 2.52. The number of methoxy groups -OCH3 is 2.